The molecule has 1 atom stereocenters. The molecule has 2 aromatic rings. The van der Waals surface area contributed by atoms with Crippen molar-refractivity contribution in [2.45, 2.75) is 31.7 Å². The third kappa shape index (κ3) is 4.83. The maximum atomic E-state index is 12.5. The zero-order chi connectivity index (χ0) is 19.2. The summed E-state index contributed by atoms with van der Waals surface area (Å²) in [5.41, 5.74) is 0.822. The Bertz CT molecular complexity index is 836. The minimum Gasteiger partial charge on any atom is -0.465 e. The first-order valence-corrected chi connectivity index (χ1v) is 9.94. The molecule has 0 aliphatic rings. The van der Waals surface area contributed by atoms with Crippen molar-refractivity contribution in [1.29, 1.82) is 0 Å². The van der Waals surface area contributed by atoms with E-state index in [1.165, 1.54) is 16.6 Å². The average Bonchev–Trinajstić information content (AvgIpc) is 3.14. The van der Waals surface area contributed by atoms with Crippen molar-refractivity contribution in [3.05, 3.63) is 60.1 Å². The number of carbonyl (C=O) groups is 1. The number of carbonyl (C=O) groups excluding carboxylic acids is 1. The predicted octanol–water partition coefficient (Wildman–Crippen LogP) is 3.20. The number of sulfonamides is 1. The molecule has 0 spiro atoms. The van der Waals surface area contributed by atoms with E-state index in [2.05, 4.69) is 5.32 Å². The van der Waals surface area contributed by atoms with Gasteiger partial charge in [0.1, 0.15) is 5.76 Å². The Morgan fingerprint density at radius 1 is 1.19 bits per heavy atom. The van der Waals surface area contributed by atoms with Crippen molar-refractivity contribution in [2.24, 2.45) is 0 Å². The molecule has 0 saturated carbocycles. The van der Waals surface area contributed by atoms with Gasteiger partial charge in [0, 0.05) is 19.2 Å². The van der Waals surface area contributed by atoms with Crippen LogP contribution in [0.3, 0.4) is 0 Å². The van der Waals surface area contributed by atoms with Crippen LogP contribution in [0.15, 0.2) is 58.1 Å². The number of hydrogen-bond acceptors (Lipinski definition) is 4. The van der Waals surface area contributed by atoms with Crippen LogP contribution in [0, 0.1) is 0 Å². The van der Waals surface area contributed by atoms with Crippen molar-refractivity contribution < 1.29 is 17.6 Å². The first-order valence-electron chi connectivity index (χ1n) is 8.50. The molecule has 1 unspecified atom stereocenters. The summed E-state index contributed by atoms with van der Waals surface area (Å²) in [4.78, 5) is 12.2. The summed E-state index contributed by atoms with van der Waals surface area (Å²) in [5, 5.41) is 2.83. The van der Waals surface area contributed by atoms with Gasteiger partial charge >= 0.3 is 0 Å². The molecule has 0 fully saturated rings. The molecule has 1 heterocycles. The monoisotopic (exact) mass is 376 g/mol. The van der Waals surface area contributed by atoms with E-state index < -0.39 is 10.0 Å². The molecule has 1 aromatic carbocycles. The fourth-order valence-electron chi connectivity index (χ4n) is 2.53. The van der Waals surface area contributed by atoms with Crippen molar-refractivity contribution in [3.8, 4) is 0 Å². The highest BCUT2D eigenvalue weighted by molar-refractivity contribution is 7.89. The first kappa shape index (κ1) is 19.9. The lowest BCUT2D eigenvalue weighted by Crippen LogP contribution is -2.30. The molecule has 0 aliphatic carbocycles. The maximum absolute atomic E-state index is 12.5. The molecule has 1 aromatic heterocycles. The second-order valence-electron chi connectivity index (χ2n) is 5.74. The summed E-state index contributed by atoms with van der Waals surface area (Å²) >= 11 is 0. The number of amides is 1. The Labute approximate surface area is 154 Å². The number of nitrogens with one attached hydrogen (secondary N) is 1. The summed E-state index contributed by atoms with van der Waals surface area (Å²) in [6.45, 7) is 6.31. The number of hydrogen-bond donors (Lipinski definition) is 1. The molecular weight excluding hydrogens is 352 g/mol. The number of benzene rings is 1. The van der Waals surface area contributed by atoms with Gasteiger partial charge in [0.05, 0.1) is 17.2 Å². The number of furan rings is 1. The van der Waals surface area contributed by atoms with Crippen LogP contribution in [0.5, 0.6) is 0 Å². The zero-order valence-corrected chi connectivity index (χ0v) is 16.0. The minimum atomic E-state index is -3.48. The third-order valence-electron chi connectivity index (χ3n) is 4.02. The van der Waals surface area contributed by atoms with Crippen LogP contribution in [0.4, 0.5) is 0 Å². The van der Waals surface area contributed by atoms with Gasteiger partial charge in [0.2, 0.25) is 15.9 Å². The van der Waals surface area contributed by atoms with Crippen LogP contribution in [0.1, 0.15) is 38.1 Å². The molecule has 1 amide bonds. The van der Waals surface area contributed by atoms with E-state index in [4.69, 9.17) is 4.42 Å². The van der Waals surface area contributed by atoms with Crippen LogP contribution >= 0.6 is 0 Å². The van der Waals surface area contributed by atoms with Crippen LogP contribution in [-0.2, 0) is 14.8 Å². The number of rotatable bonds is 8. The van der Waals surface area contributed by atoms with Crippen molar-refractivity contribution >= 4 is 22.0 Å². The van der Waals surface area contributed by atoms with Gasteiger partial charge in [-0.1, -0.05) is 26.0 Å². The van der Waals surface area contributed by atoms with Crippen LogP contribution in [0.25, 0.3) is 6.08 Å². The molecule has 0 radical (unpaired) electrons. The van der Waals surface area contributed by atoms with Crippen molar-refractivity contribution in [1.82, 2.24) is 9.62 Å². The molecule has 1 N–H and O–H groups in total. The summed E-state index contributed by atoms with van der Waals surface area (Å²) in [7, 11) is -3.48. The van der Waals surface area contributed by atoms with E-state index >= 15 is 0 Å². The van der Waals surface area contributed by atoms with Gasteiger partial charge in [-0.05, 0) is 42.8 Å². The lowest BCUT2D eigenvalue weighted by Gasteiger charge is -2.19. The molecule has 2 rings (SSSR count). The third-order valence-corrected chi connectivity index (χ3v) is 6.09. The standard InChI is InChI=1S/C19H24N2O4S/c1-4-21(5-2)26(23,24)18-11-8-16(9-12-18)15(3)20-19(22)13-10-17-7-6-14-25-17/h6-15H,4-5H2,1-3H3,(H,20,22)/b13-10+. The van der Waals surface area contributed by atoms with E-state index in [-0.39, 0.29) is 16.8 Å². The Morgan fingerprint density at radius 2 is 1.85 bits per heavy atom. The predicted molar refractivity (Wildman–Crippen MR) is 101 cm³/mol. The van der Waals surface area contributed by atoms with Gasteiger partial charge in [0.15, 0.2) is 0 Å². The average molecular weight is 376 g/mol. The van der Waals surface area contributed by atoms with Crippen LogP contribution in [-0.4, -0.2) is 31.7 Å². The topological polar surface area (TPSA) is 79.6 Å². The SMILES string of the molecule is CCN(CC)S(=O)(=O)c1ccc(C(C)NC(=O)/C=C/c2ccco2)cc1. The molecular formula is C19H24N2O4S. The smallest absolute Gasteiger partial charge is 0.244 e. The fourth-order valence-corrected chi connectivity index (χ4v) is 3.99. The highest BCUT2D eigenvalue weighted by Crippen LogP contribution is 2.19. The Balaban J connectivity index is 2.04. The molecule has 26 heavy (non-hydrogen) atoms. The second kappa shape index (κ2) is 8.82. The Kier molecular flexibility index (Phi) is 6.76. The lowest BCUT2D eigenvalue weighted by molar-refractivity contribution is -0.117. The van der Waals surface area contributed by atoms with Gasteiger partial charge < -0.3 is 9.73 Å². The summed E-state index contributed by atoms with van der Waals surface area (Å²) in [6, 6.07) is 9.83. The largest absolute Gasteiger partial charge is 0.465 e. The molecule has 7 heteroatoms. The molecule has 140 valence electrons. The summed E-state index contributed by atoms with van der Waals surface area (Å²) < 4.78 is 31.5. The van der Waals surface area contributed by atoms with Gasteiger partial charge in [-0.25, -0.2) is 8.42 Å². The van der Waals surface area contributed by atoms with Gasteiger partial charge in [-0.15, -0.1) is 0 Å². The Hall–Kier alpha value is -2.38. The molecule has 0 bridgehead atoms. The normalized spacial score (nSPS) is 13.2. The fraction of sp³-hybridized carbons (Fsp3) is 0.316. The van der Waals surface area contributed by atoms with Gasteiger partial charge in [-0.2, -0.15) is 4.31 Å². The zero-order valence-electron chi connectivity index (χ0n) is 15.2. The van der Waals surface area contributed by atoms with Gasteiger partial charge in [0.25, 0.3) is 0 Å². The molecule has 0 saturated heterocycles. The molecule has 6 nitrogen and oxygen atoms in total. The minimum absolute atomic E-state index is 0.251. The first-order chi connectivity index (χ1) is 12.4. The van der Waals surface area contributed by atoms with Gasteiger partial charge in [-0.3, -0.25) is 4.79 Å². The van der Waals surface area contributed by atoms with E-state index in [1.807, 2.05) is 20.8 Å². The molecule has 0 aliphatic heterocycles. The van der Waals surface area contributed by atoms with Crippen molar-refractivity contribution in [3.63, 3.8) is 0 Å². The van der Waals surface area contributed by atoms with E-state index in [9.17, 15) is 13.2 Å². The highest BCUT2D eigenvalue weighted by Gasteiger charge is 2.21. The Morgan fingerprint density at radius 3 is 2.38 bits per heavy atom. The van der Waals surface area contributed by atoms with Crippen LogP contribution in [0.2, 0.25) is 0 Å². The maximum Gasteiger partial charge on any atom is 0.244 e. The lowest BCUT2D eigenvalue weighted by atomic mass is 10.1. The van der Waals surface area contributed by atoms with Crippen LogP contribution < -0.4 is 5.32 Å². The van der Waals surface area contributed by atoms with E-state index in [0.29, 0.717) is 18.8 Å². The van der Waals surface area contributed by atoms with Crippen molar-refractivity contribution in [2.75, 3.05) is 13.1 Å². The number of nitrogens with zero attached hydrogens (tertiary/aromatic N) is 1. The second-order valence-corrected chi connectivity index (χ2v) is 7.68. The van der Waals surface area contributed by atoms with E-state index in [1.54, 1.807) is 42.5 Å². The van der Waals surface area contributed by atoms with E-state index in [0.717, 1.165) is 5.56 Å². The quantitative estimate of drug-likeness (QED) is 0.718. The summed E-state index contributed by atoms with van der Waals surface area (Å²) in [6.07, 6.45) is 4.52. The summed E-state index contributed by atoms with van der Waals surface area (Å²) in [5.74, 6) is 0.340. The highest BCUT2D eigenvalue weighted by atomic mass is 32.2.